The van der Waals surface area contributed by atoms with E-state index in [1.807, 2.05) is 0 Å². The van der Waals surface area contributed by atoms with E-state index in [-0.39, 0.29) is 16.6 Å². The number of hydrogen-bond donors (Lipinski definition) is 1. The first kappa shape index (κ1) is 19.6. The number of benzene rings is 2. The molecule has 1 saturated heterocycles. The van der Waals surface area contributed by atoms with Crippen LogP contribution in [-0.2, 0) is 4.74 Å². The molecule has 2 heterocycles. The average Bonchev–Trinajstić information content (AvgIpc) is 3.33. The largest absolute Gasteiger partial charge is 0.359 e. The van der Waals surface area contributed by atoms with Crippen molar-refractivity contribution in [2.45, 2.75) is 81.5 Å². The lowest BCUT2D eigenvalue weighted by Crippen LogP contribution is -2.54. The Morgan fingerprint density at radius 1 is 1.00 bits per heavy atom. The van der Waals surface area contributed by atoms with Crippen LogP contribution in [0.25, 0.3) is 10.8 Å². The minimum absolute atomic E-state index is 0.00253. The highest BCUT2D eigenvalue weighted by molar-refractivity contribution is 5.83. The lowest BCUT2D eigenvalue weighted by molar-refractivity contribution is -0.136. The summed E-state index contributed by atoms with van der Waals surface area (Å²) in [6, 6.07) is 16.6. The van der Waals surface area contributed by atoms with Crippen LogP contribution in [0.15, 0.2) is 65.8 Å². The molecule has 2 saturated carbocycles. The van der Waals surface area contributed by atoms with Gasteiger partial charge in [-0.1, -0.05) is 61.5 Å². The van der Waals surface area contributed by atoms with Crippen molar-refractivity contribution in [2.75, 3.05) is 7.05 Å². The molecule has 5 aliphatic rings. The second-order valence-corrected chi connectivity index (χ2v) is 11.5. The normalized spacial score (nSPS) is 42.1. The van der Waals surface area contributed by atoms with E-state index in [1.165, 1.54) is 66.9 Å². The van der Waals surface area contributed by atoms with Gasteiger partial charge in [-0.15, -0.1) is 0 Å². The Labute approximate surface area is 192 Å². The lowest BCUT2D eigenvalue weighted by Gasteiger charge is -2.54. The van der Waals surface area contributed by atoms with Gasteiger partial charge in [0.1, 0.15) is 0 Å². The van der Waals surface area contributed by atoms with Crippen LogP contribution in [0, 0.1) is 11.3 Å². The van der Waals surface area contributed by atoms with Crippen molar-refractivity contribution in [1.29, 1.82) is 0 Å². The van der Waals surface area contributed by atoms with Gasteiger partial charge in [-0.2, -0.15) is 0 Å². The van der Waals surface area contributed by atoms with Crippen LogP contribution in [0.2, 0.25) is 0 Å². The smallest absolute Gasteiger partial charge is 0.0974 e. The number of rotatable bonds is 2. The predicted octanol–water partition coefficient (Wildman–Crippen LogP) is 6.67. The Hall–Kier alpha value is -1.90. The molecule has 1 unspecified atom stereocenters. The summed E-state index contributed by atoms with van der Waals surface area (Å²) in [5.41, 5.74) is 4.90. The topological polar surface area (TPSA) is 21.3 Å². The maximum atomic E-state index is 7.37. The van der Waals surface area contributed by atoms with Gasteiger partial charge in [-0.25, -0.2) is 0 Å². The second-order valence-electron chi connectivity index (χ2n) is 11.5. The van der Waals surface area contributed by atoms with Crippen LogP contribution in [0.1, 0.15) is 69.8 Å². The highest BCUT2D eigenvalue weighted by Gasteiger charge is 2.66. The van der Waals surface area contributed by atoms with Crippen molar-refractivity contribution in [3.05, 3.63) is 71.3 Å². The molecule has 0 aromatic heterocycles. The molecule has 32 heavy (non-hydrogen) atoms. The monoisotopic (exact) mass is 425 g/mol. The molecule has 2 aromatic carbocycles. The molecule has 2 aliphatic heterocycles. The summed E-state index contributed by atoms with van der Waals surface area (Å²) in [5.74, 6) is 1.24. The highest BCUT2D eigenvalue weighted by Crippen LogP contribution is 2.69. The zero-order valence-corrected chi connectivity index (χ0v) is 19.5. The molecule has 0 radical (unpaired) electrons. The zero-order valence-electron chi connectivity index (χ0n) is 19.5. The summed E-state index contributed by atoms with van der Waals surface area (Å²) < 4.78 is 7.37. The fourth-order valence-corrected chi connectivity index (χ4v) is 8.63. The van der Waals surface area contributed by atoms with Crippen molar-refractivity contribution in [1.82, 2.24) is 5.32 Å². The highest BCUT2D eigenvalue weighted by atomic mass is 16.5. The van der Waals surface area contributed by atoms with E-state index in [4.69, 9.17) is 4.74 Å². The summed E-state index contributed by atoms with van der Waals surface area (Å²) >= 11 is 0. The Kier molecular flexibility index (Phi) is 4.02. The molecule has 2 aromatic rings. The molecular formula is C30H35NO. The standard InChI is InChI=1S/C30H35NO/c1-28-14-13-24-18-23-9-10-25(31-2)19-29(23)15-16-30(24,32-29)27(28)12-11-26(28)22-8-7-20-5-3-4-6-21(20)17-22/h3-8,13,17-18,25-27,31H,9-12,14-16,19H2,1-2H3/t25-,26-,27-,28-,29?,30-/m1/s1. The Morgan fingerprint density at radius 2 is 1.88 bits per heavy atom. The Balaban J connectivity index is 1.29. The van der Waals surface area contributed by atoms with Crippen molar-refractivity contribution in [2.24, 2.45) is 11.3 Å². The maximum Gasteiger partial charge on any atom is 0.0974 e. The van der Waals surface area contributed by atoms with Crippen LogP contribution >= 0.6 is 0 Å². The van der Waals surface area contributed by atoms with Crippen molar-refractivity contribution >= 4 is 10.8 Å². The van der Waals surface area contributed by atoms with Crippen LogP contribution in [0.3, 0.4) is 0 Å². The first-order chi connectivity index (χ1) is 15.6. The van der Waals surface area contributed by atoms with E-state index in [9.17, 15) is 0 Å². The first-order valence-electron chi connectivity index (χ1n) is 12.8. The molecule has 0 amide bonds. The molecule has 2 bridgehead atoms. The van der Waals surface area contributed by atoms with Crippen molar-refractivity contribution < 1.29 is 4.74 Å². The third-order valence-electron chi connectivity index (χ3n) is 10.3. The Morgan fingerprint density at radius 3 is 2.75 bits per heavy atom. The van der Waals surface area contributed by atoms with E-state index in [0.29, 0.717) is 17.9 Å². The summed E-state index contributed by atoms with van der Waals surface area (Å²) in [6.45, 7) is 2.58. The Bertz CT molecular complexity index is 1160. The minimum atomic E-state index is -0.0439. The van der Waals surface area contributed by atoms with E-state index in [0.717, 1.165) is 6.42 Å². The molecule has 3 fully saturated rings. The molecule has 6 atom stereocenters. The van der Waals surface area contributed by atoms with Gasteiger partial charge < -0.3 is 10.1 Å². The van der Waals surface area contributed by atoms with Crippen molar-refractivity contribution in [3.8, 4) is 0 Å². The quantitative estimate of drug-likeness (QED) is 0.580. The number of nitrogens with one attached hydrogen (secondary N) is 1. The van der Waals surface area contributed by atoms with Gasteiger partial charge in [-0.05, 0) is 103 Å². The fourth-order valence-electron chi connectivity index (χ4n) is 8.63. The molecule has 7 rings (SSSR count). The van der Waals surface area contributed by atoms with E-state index in [1.54, 1.807) is 5.57 Å². The van der Waals surface area contributed by atoms with Gasteiger partial charge in [0.05, 0.1) is 11.2 Å². The average molecular weight is 426 g/mol. The number of fused-ring (bicyclic) bond motifs is 2. The van der Waals surface area contributed by atoms with Gasteiger partial charge in [-0.3, -0.25) is 0 Å². The molecular weight excluding hydrogens is 390 g/mol. The number of hydrogen-bond acceptors (Lipinski definition) is 2. The molecule has 2 nitrogen and oxygen atoms in total. The zero-order chi connectivity index (χ0) is 21.6. The van der Waals surface area contributed by atoms with Gasteiger partial charge in [0.2, 0.25) is 0 Å². The van der Waals surface area contributed by atoms with Gasteiger partial charge >= 0.3 is 0 Å². The van der Waals surface area contributed by atoms with Crippen LogP contribution in [0.5, 0.6) is 0 Å². The summed E-state index contributed by atoms with van der Waals surface area (Å²) in [5, 5.41) is 6.29. The summed E-state index contributed by atoms with van der Waals surface area (Å²) in [6.07, 6.45) is 15.0. The molecule has 1 N–H and O–H groups in total. The minimum Gasteiger partial charge on any atom is -0.359 e. The molecule has 3 aliphatic carbocycles. The van der Waals surface area contributed by atoms with Gasteiger partial charge in [0.15, 0.2) is 0 Å². The second kappa shape index (κ2) is 6.58. The third kappa shape index (κ3) is 2.43. The summed E-state index contributed by atoms with van der Waals surface area (Å²) in [7, 11) is 2.12. The van der Waals surface area contributed by atoms with Crippen LogP contribution in [-0.4, -0.2) is 24.3 Å². The molecule has 2 spiro atoms. The van der Waals surface area contributed by atoms with Crippen LogP contribution in [0.4, 0.5) is 0 Å². The van der Waals surface area contributed by atoms with Crippen LogP contribution < -0.4 is 5.32 Å². The fraction of sp³-hybridized carbons (Fsp3) is 0.533. The number of allylic oxidation sites excluding steroid dienone is 1. The SMILES string of the molecule is CN[C@@H]1CCC2=CC3=CC[C@]4(C)[C@@H](c5ccc6ccccc6c5)CC[C@H]4[C@@]34CCC2(C1)O4. The molecule has 2 heteroatoms. The summed E-state index contributed by atoms with van der Waals surface area (Å²) in [4.78, 5) is 0. The first-order valence-corrected chi connectivity index (χ1v) is 12.8. The van der Waals surface area contributed by atoms with Crippen molar-refractivity contribution in [3.63, 3.8) is 0 Å². The number of ether oxygens (including phenoxy) is 1. The van der Waals surface area contributed by atoms with E-state index >= 15 is 0 Å². The molecule has 166 valence electrons. The lowest BCUT2D eigenvalue weighted by atomic mass is 9.58. The third-order valence-corrected chi connectivity index (χ3v) is 10.3. The predicted molar refractivity (Wildman–Crippen MR) is 131 cm³/mol. The van der Waals surface area contributed by atoms with Gasteiger partial charge in [0.25, 0.3) is 0 Å². The van der Waals surface area contributed by atoms with E-state index < -0.39 is 0 Å². The van der Waals surface area contributed by atoms with E-state index in [2.05, 4.69) is 73.9 Å². The van der Waals surface area contributed by atoms with Gasteiger partial charge in [0, 0.05) is 6.04 Å². The maximum absolute atomic E-state index is 7.37.